The standard InChI is InChI=1S/C8H14FO7P/c1-15-7(10)5(4-17(12,13)14)3-6(9)8(11)16-2/h5-6H,3-4H2,1-2H3,(H2,12,13,14)/t5-,6+/m1/s1. The van der Waals surface area contributed by atoms with Crippen LogP contribution in [0.15, 0.2) is 0 Å². The van der Waals surface area contributed by atoms with Crippen LogP contribution in [-0.2, 0) is 23.6 Å². The summed E-state index contributed by atoms with van der Waals surface area (Å²) in [5.74, 6) is -3.58. The molecule has 0 rings (SSSR count). The van der Waals surface area contributed by atoms with E-state index in [0.717, 1.165) is 14.2 Å². The molecule has 2 atom stereocenters. The Balaban J connectivity index is 4.66. The number of methoxy groups -OCH3 is 2. The van der Waals surface area contributed by atoms with Crippen molar-refractivity contribution in [2.45, 2.75) is 12.6 Å². The number of carbonyl (C=O) groups is 2. The van der Waals surface area contributed by atoms with E-state index < -0.39 is 44.2 Å². The number of ether oxygens (including phenoxy) is 2. The second-order valence-corrected chi connectivity index (χ2v) is 4.99. The van der Waals surface area contributed by atoms with Gasteiger partial charge in [-0.25, -0.2) is 9.18 Å². The van der Waals surface area contributed by atoms with Crippen LogP contribution in [0.25, 0.3) is 0 Å². The molecule has 0 bridgehead atoms. The Bertz CT molecular complexity index is 326. The van der Waals surface area contributed by atoms with Crippen LogP contribution in [0, 0.1) is 5.92 Å². The normalized spacial score (nSPS) is 14.9. The third-order valence-electron chi connectivity index (χ3n) is 1.94. The fourth-order valence-electron chi connectivity index (χ4n) is 1.17. The van der Waals surface area contributed by atoms with Gasteiger partial charge in [0.2, 0.25) is 0 Å². The van der Waals surface area contributed by atoms with Gasteiger partial charge in [-0.05, 0) is 0 Å². The SMILES string of the molecule is COC(=O)[C@H](C[C@H](F)C(=O)OC)CP(=O)(O)O. The van der Waals surface area contributed by atoms with Crippen molar-refractivity contribution in [2.75, 3.05) is 20.4 Å². The highest BCUT2D eigenvalue weighted by Crippen LogP contribution is 2.38. The van der Waals surface area contributed by atoms with Gasteiger partial charge in [0.05, 0.1) is 26.3 Å². The molecule has 0 aromatic carbocycles. The van der Waals surface area contributed by atoms with Gasteiger partial charge in [0.25, 0.3) is 0 Å². The molecule has 0 radical (unpaired) electrons. The number of carbonyl (C=O) groups excluding carboxylic acids is 2. The molecule has 2 N–H and O–H groups in total. The first-order valence-corrected chi connectivity index (χ1v) is 6.35. The molecule has 0 aliphatic rings. The lowest BCUT2D eigenvalue weighted by molar-refractivity contribution is -0.150. The van der Waals surface area contributed by atoms with Gasteiger partial charge in [0, 0.05) is 6.42 Å². The van der Waals surface area contributed by atoms with Crippen LogP contribution in [0.5, 0.6) is 0 Å². The summed E-state index contributed by atoms with van der Waals surface area (Å²) < 4.78 is 32.3. The maximum absolute atomic E-state index is 13.2. The fourth-order valence-corrected chi connectivity index (χ4v) is 2.05. The minimum atomic E-state index is -4.50. The maximum Gasteiger partial charge on any atom is 0.340 e. The molecule has 0 spiro atoms. The second-order valence-electron chi connectivity index (χ2n) is 3.29. The van der Waals surface area contributed by atoms with Crippen LogP contribution >= 0.6 is 7.60 Å². The molecule has 0 saturated heterocycles. The van der Waals surface area contributed by atoms with Gasteiger partial charge in [-0.15, -0.1) is 0 Å². The zero-order chi connectivity index (χ0) is 13.6. The lowest BCUT2D eigenvalue weighted by Crippen LogP contribution is -2.28. The van der Waals surface area contributed by atoms with E-state index in [1.165, 1.54) is 0 Å². The Morgan fingerprint density at radius 3 is 2.06 bits per heavy atom. The first-order valence-electron chi connectivity index (χ1n) is 4.55. The van der Waals surface area contributed by atoms with E-state index in [0.29, 0.717) is 0 Å². The minimum absolute atomic E-state index is 0.690. The van der Waals surface area contributed by atoms with Gasteiger partial charge in [0.15, 0.2) is 6.17 Å². The smallest absolute Gasteiger partial charge is 0.340 e. The van der Waals surface area contributed by atoms with Crippen molar-refractivity contribution in [3.8, 4) is 0 Å². The molecule has 0 amide bonds. The van der Waals surface area contributed by atoms with E-state index in [-0.39, 0.29) is 0 Å². The highest BCUT2D eigenvalue weighted by molar-refractivity contribution is 7.51. The molecule has 7 nitrogen and oxygen atoms in total. The van der Waals surface area contributed by atoms with Gasteiger partial charge >= 0.3 is 19.5 Å². The molecule has 0 aromatic rings. The number of hydrogen-bond acceptors (Lipinski definition) is 5. The summed E-state index contributed by atoms with van der Waals surface area (Å²) in [4.78, 5) is 39.3. The van der Waals surface area contributed by atoms with Crippen molar-refractivity contribution < 1.29 is 37.8 Å². The average Bonchev–Trinajstić information content (AvgIpc) is 2.23. The van der Waals surface area contributed by atoms with E-state index in [4.69, 9.17) is 9.79 Å². The molecule has 100 valence electrons. The van der Waals surface area contributed by atoms with Crippen LogP contribution in [0.4, 0.5) is 4.39 Å². The average molecular weight is 272 g/mol. The summed E-state index contributed by atoms with van der Waals surface area (Å²) >= 11 is 0. The number of halogens is 1. The van der Waals surface area contributed by atoms with Gasteiger partial charge in [-0.2, -0.15) is 0 Å². The van der Waals surface area contributed by atoms with Crippen LogP contribution in [-0.4, -0.2) is 48.3 Å². The van der Waals surface area contributed by atoms with Crippen LogP contribution in [0.1, 0.15) is 6.42 Å². The molecule has 9 heteroatoms. The maximum atomic E-state index is 13.2. The monoisotopic (exact) mass is 272 g/mol. The topological polar surface area (TPSA) is 110 Å². The van der Waals surface area contributed by atoms with E-state index in [1.807, 2.05) is 0 Å². The predicted octanol–water partition coefficient (Wildman–Crippen LogP) is -0.146. The Hall–Kier alpha value is -0.980. The summed E-state index contributed by atoms with van der Waals surface area (Å²) in [5, 5.41) is 0. The second kappa shape index (κ2) is 6.68. The highest BCUT2D eigenvalue weighted by Gasteiger charge is 2.33. The summed E-state index contributed by atoms with van der Waals surface area (Å²) in [6.45, 7) is 0. The Kier molecular flexibility index (Phi) is 6.30. The van der Waals surface area contributed by atoms with E-state index in [9.17, 15) is 18.5 Å². The lowest BCUT2D eigenvalue weighted by Gasteiger charge is -2.16. The van der Waals surface area contributed by atoms with E-state index in [1.54, 1.807) is 0 Å². The third kappa shape index (κ3) is 6.35. The van der Waals surface area contributed by atoms with Crippen molar-refractivity contribution >= 4 is 19.5 Å². The van der Waals surface area contributed by atoms with Gasteiger partial charge < -0.3 is 19.3 Å². The molecule has 0 unspecified atom stereocenters. The molecular weight excluding hydrogens is 258 g/mol. The highest BCUT2D eigenvalue weighted by atomic mass is 31.2. The van der Waals surface area contributed by atoms with E-state index >= 15 is 0 Å². The first kappa shape index (κ1) is 16.0. The lowest BCUT2D eigenvalue weighted by atomic mass is 10.0. The van der Waals surface area contributed by atoms with Crippen molar-refractivity contribution in [2.24, 2.45) is 5.92 Å². The Morgan fingerprint density at radius 1 is 1.24 bits per heavy atom. The molecular formula is C8H14FO7P. The molecule has 0 aliphatic heterocycles. The largest absolute Gasteiger partial charge is 0.469 e. The summed E-state index contributed by atoms with van der Waals surface area (Å²) in [6, 6.07) is 0. The first-order chi connectivity index (χ1) is 7.71. The van der Waals surface area contributed by atoms with Crippen molar-refractivity contribution in [3.05, 3.63) is 0 Å². The van der Waals surface area contributed by atoms with Crippen LogP contribution in [0.3, 0.4) is 0 Å². The quantitative estimate of drug-likeness (QED) is 0.511. The van der Waals surface area contributed by atoms with Gasteiger partial charge in [0.1, 0.15) is 0 Å². The molecule has 0 fully saturated rings. The van der Waals surface area contributed by atoms with Crippen LogP contribution < -0.4 is 0 Å². The van der Waals surface area contributed by atoms with Crippen molar-refractivity contribution in [1.29, 1.82) is 0 Å². The zero-order valence-electron chi connectivity index (χ0n) is 9.33. The number of rotatable bonds is 6. The predicted molar refractivity (Wildman–Crippen MR) is 53.9 cm³/mol. The van der Waals surface area contributed by atoms with Crippen molar-refractivity contribution in [1.82, 2.24) is 0 Å². The zero-order valence-corrected chi connectivity index (χ0v) is 10.2. The van der Waals surface area contributed by atoms with Crippen LogP contribution in [0.2, 0.25) is 0 Å². The Morgan fingerprint density at radius 2 is 1.71 bits per heavy atom. The van der Waals surface area contributed by atoms with Gasteiger partial charge in [-0.3, -0.25) is 9.36 Å². The number of alkyl halides is 1. The summed E-state index contributed by atoms with van der Waals surface area (Å²) in [7, 11) is -2.54. The molecule has 17 heavy (non-hydrogen) atoms. The van der Waals surface area contributed by atoms with Gasteiger partial charge in [-0.1, -0.05) is 0 Å². The number of hydrogen-bond donors (Lipinski definition) is 2. The van der Waals surface area contributed by atoms with E-state index in [2.05, 4.69) is 9.47 Å². The third-order valence-corrected chi connectivity index (χ3v) is 2.86. The molecule has 0 heterocycles. The summed E-state index contributed by atoms with van der Waals surface area (Å²) in [6.07, 6.45) is -3.70. The summed E-state index contributed by atoms with van der Waals surface area (Å²) in [5.41, 5.74) is 0. The Labute approximate surface area is 97.1 Å². The minimum Gasteiger partial charge on any atom is -0.469 e. The molecule has 0 saturated carbocycles. The van der Waals surface area contributed by atoms with Crippen molar-refractivity contribution in [3.63, 3.8) is 0 Å². The fraction of sp³-hybridized carbons (Fsp3) is 0.750. The number of esters is 2. The molecule has 0 aliphatic carbocycles. The molecule has 0 aromatic heterocycles.